The van der Waals surface area contributed by atoms with Crippen molar-refractivity contribution in [3.8, 4) is 0 Å². The Morgan fingerprint density at radius 1 is 1.41 bits per heavy atom. The monoisotopic (exact) mass is 368 g/mol. The first-order chi connectivity index (χ1) is 10.5. The highest BCUT2D eigenvalue weighted by Crippen LogP contribution is 2.31. The van der Waals surface area contributed by atoms with E-state index < -0.39 is 5.92 Å². The summed E-state index contributed by atoms with van der Waals surface area (Å²) in [7, 11) is 1.30. The second kappa shape index (κ2) is 7.40. The second-order valence-corrected chi connectivity index (χ2v) is 5.83. The number of ether oxygens (including phenoxy) is 1. The predicted molar refractivity (Wildman–Crippen MR) is 84.2 cm³/mol. The molecule has 1 aliphatic heterocycles. The van der Waals surface area contributed by atoms with Gasteiger partial charge in [0.2, 0.25) is 11.8 Å². The molecule has 0 spiro atoms. The van der Waals surface area contributed by atoms with Gasteiger partial charge in [-0.25, -0.2) is 0 Å². The highest BCUT2D eigenvalue weighted by atomic mass is 79.9. The Kier molecular flexibility index (Phi) is 5.54. The van der Waals surface area contributed by atoms with Crippen LogP contribution in [0.4, 0.5) is 5.69 Å². The van der Waals surface area contributed by atoms with Gasteiger partial charge in [-0.05, 0) is 28.1 Å². The van der Waals surface area contributed by atoms with Gasteiger partial charge in [0, 0.05) is 24.0 Å². The van der Waals surface area contributed by atoms with E-state index in [1.54, 1.807) is 4.90 Å². The molecule has 6 nitrogen and oxygen atoms in total. The van der Waals surface area contributed by atoms with E-state index in [0.717, 1.165) is 10.2 Å². The molecule has 1 saturated heterocycles. The average molecular weight is 369 g/mol. The van der Waals surface area contributed by atoms with Crippen LogP contribution >= 0.6 is 15.9 Å². The minimum atomic E-state index is -0.405. The zero-order valence-electron chi connectivity index (χ0n) is 12.2. The van der Waals surface area contributed by atoms with Gasteiger partial charge in [0.25, 0.3) is 0 Å². The van der Waals surface area contributed by atoms with Crippen molar-refractivity contribution in [3.05, 3.63) is 28.7 Å². The summed E-state index contributed by atoms with van der Waals surface area (Å²) < 4.78 is 5.32. The van der Waals surface area contributed by atoms with Gasteiger partial charge in [-0.2, -0.15) is 0 Å². The van der Waals surface area contributed by atoms with Crippen molar-refractivity contribution in [2.75, 3.05) is 25.1 Å². The number of methoxy groups -OCH3 is 1. The highest BCUT2D eigenvalue weighted by molar-refractivity contribution is 9.10. The maximum atomic E-state index is 12.1. The first-order valence-electron chi connectivity index (χ1n) is 6.92. The van der Waals surface area contributed by atoms with Crippen molar-refractivity contribution in [2.24, 2.45) is 5.92 Å². The maximum absolute atomic E-state index is 12.1. The molecular weight excluding hydrogens is 352 g/mol. The summed E-state index contributed by atoms with van der Waals surface area (Å²) >= 11 is 3.41. The van der Waals surface area contributed by atoms with Crippen LogP contribution in [0.15, 0.2) is 28.7 Å². The summed E-state index contributed by atoms with van der Waals surface area (Å²) in [6.07, 6.45) is 0.294. The molecule has 2 rings (SSSR count). The quantitative estimate of drug-likeness (QED) is 0.798. The van der Waals surface area contributed by atoms with Gasteiger partial charge in [-0.15, -0.1) is 0 Å². The average Bonchev–Trinajstić information content (AvgIpc) is 2.89. The molecule has 1 N–H and O–H groups in total. The third kappa shape index (κ3) is 3.85. The molecule has 0 aromatic heterocycles. The van der Waals surface area contributed by atoms with Crippen molar-refractivity contribution >= 4 is 39.4 Å². The zero-order valence-corrected chi connectivity index (χ0v) is 13.8. The number of hydrogen-bond acceptors (Lipinski definition) is 4. The van der Waals surface area contributed by atoms with E-state index in [1.165, 1.54) is 7.11 Å². The number of carbonyl (C=O) groups excluding carboxylic acids is 3. The number of carbonyl (C=O) groups is 3. The van der Waals surface area contributed by atoms with Crippen LogP contribution in [0.2, 0.25) is 0 Å². The van der Waals surface area contributed by atoms with Crippen molar-refractivity contribution in [3.63, 3.8) is 0 Å². The third-order valence-electron chi connectivity index (χ3n) is 3.50. The number of para-hydroxylation sites is 1. The van der Waals surface area contributed by atoms with Gasteiger partial charge in [0.05, 0.1) is 25.1 Å². The highest BCUT2D eigenvalue weighted by Gasteiger charge is 2.35. The molecule has 1 aliphatic rings. The molecule has 1 fully saturated rings. The number of anilines is 1. The van der Waals surface area contributed by atoms with Gasteiger partial charge in [-0.3, -0.25) is 14.4 Å². The minimum Gasteiger partial charge on any atom is -0.469 e. The lowest BCUT2D eigenvalue weighted by molar-refractivity contribution is -0.140. The Balaban J connectivity index is 1.93. The second-order valence-electron chi connectivity index (χ2n) is 4.97. The summed E-state index contributed by atoms with van der Waals surface area (Å²) in [5.74, 6) is -1.08. The van der Waals surface area contributed by atoms with Gasteiger partial charge in [0.15, 0.2) is 0 Å². The van der Waals surface area contributed by atoms with Crippen LogP contribution in [0.5, 0.6) is 0 Å². The van der Waals surface area contributed by atoms with Crippen LogP contribution in [0, 0.1) is 5.92 Å². The summed E-state index contributed by atoms with van der Waals surface area (Å²) in [6, 6.07) is 7.40. The number of esters is 1. The van der Waals surface area contributed by atoms with Crippen molar-refractivity contribution in [1.82, 2.24) is 5.32 Å². The molecule has 1 unspecified atom stereocenters. The van der Waals surface area contributed by atoms with E-state index in [-0.39, 0.29) is 37.2 Å². The number of rotatable bonds is 5. The van der Waals surface area contributed by atoms with Gasteiger partial charge in [-0.1, -0.05) is 12.1 Å². The fourth-order valence-electron chi connectivity index (χ4n) is 2.32. The lowest BCUT2D eigenvalue weighted by Crippen LogP contribution is -2.34. The SMILES string of the molecule is COC(=O)CCNC(=O)C1CC(=O)N(c2ccccc2Br)C1. The number of nitrogens with one attached hydrogen (secondary N) is 1. The summed E-state index contributed by atoms with van der Waals surface area (Å²) in [5.41, 5.74) is 0.761. The molecular formula is C15H17BrN2O4. The maximum Gasteiger partial charge on any atom is 0.307 e. The zero-order chi connectivity index (χ0) is 16.1. The fraction of sp³-hybridized carbons (Fsp3) is 0.400. The Bertz CT molecular complexity index is 591. The normalized spacial score (nSPS) is 17.5. The van der Waals surface area contributed by atoms with E-state index in [9.17, 15) is 14.4 Å². The standard InChI is InChI=1S/C15H17BrN2O4/c1-22-14(20)6-7-17-15(21)10-8-13(19)18(9-10)12-5-3-2-4-11(12)16/h2-5,10H,6-9H2,1H3,(H,17,21). The van der Waals surface area contributed by atoms with E-state index in [2.05, 4.69) is 26.0 Å². The molecule has 1 heterocycles. The fourth-order valence-corrected chi connectivity index (χ4v) is 2.82. The van der Waals surface area contributed by atoms with Crippen molar-refractivity contribution in [2.45, 2.75) is 12.8 Å². The number of hydrogen-bond donors (Lipinski definition) is 1. The topological polar surface area (TPSA) is 75.7 Å². The lowest BCUT2D eigenvalue weighted by atomic mass is 10.1. The molecule has 0 saturated carbocycles. The predicted octanol–water partition coefficient (Wildman–Crippen LogP) is 1.48. The Morgan fingerprint density at radius 2 is 2.14 bits per heavy atom. The molecule has 0 bridgehead atoms. The van der Waals surface area contributed by atoms with Crippen molar-refractivity contribution in [1.29, 1.82) is 0 Å². The van der Waals surface area contributed by atoms with Crippen LogP contribution in [0.3, 0.4) is 0 Å². The smallest absolute Gasteiger partial charge is 0.307 e. The summed E-state index contributed by atoms with van der Waals surface area (Å²) in [5, 5.41) is 2.67. The summed E-state index contributed by atoms with van der Waals surface area (Å²) in [4.78, 5) is 36.8. The number of nitrogens with zero attached hydrogens (tertiary/aromatic N) is 1. The van der Waals surface area contributed by atoms with Crippen LogP contribution < -0.4 is 10.2 Å². The first kappa shape index (κ1) is 16.5. The molecule has 118 valence electrons. The first-order valence-corrected chi connectivity index (χ1v) is 7.71. The van der Waals surface area contributed by atoms with E-state index in [1.807, 2.05) is 24.3 Å². The third-order valence-corrected chi connectivity index (χ3v) is 4.17. The molecule has 0 radical (unpaired) electrons. The minimum absolute atomic E-state index is 0.0833. The Labute approximate surface area is 136 Å². The largest absolute Gasteiger partial charge is 0.469 e. The van der Waals surface area contributed by atoms with Gasteiger partial charge in [0.1, 0.15) is 0 Å². The number of amides is 2. The van der Waals surface area contributed by atoms with E-state index >= 15 is 0 Å². The number of benzene rings is 1. The molecule has 22 heavy (non-hydrogen) atoms. The van der Waals surface area contributed by atoms with Crippen molar-refractivity contribution < 1.29 is 19.1 Å². The van der Waals surface area contributed by atoms with Crippen LogP contribution in [0.25, 0.3) is 0 Å². The van der Waals surface area contributed by atoms with Gasteiger partial charge >= 0.3 is 5.97 Å². The lowest BCUT2D eigenvalue weighted by Gasteiger charge is -2.18. The summed E-state index contributed by atoms with van der Waals surface area (Å²) in [6.45, 7) is 0.552. The molecule has 1 atom stereocenters. The van der Waals surface area contributed by atoms with Crippen LogP contribution in [-0.2, 0) is 19.1 Å². The Morgan fingerprint density at radius 3 is 2.82 bits per heavy atom. The van der Waals surface area contributed by atoms with Gasteiger partial charge < -0.3 is 15.0 Å². The molecule has 7 heteroatoms. The molecule has 1 aromatic carbocycles. The molecule has 0 aliphatic carbocycles. The van der Waals surface area contributed by atoms with Crippen LogP contribution in [-0.4, -0.2) is 38.0 Å². The van der Waals surface area contributed by atoms with E-state index in [4.69, 9.17) is 0 Å². The Hall–Kier alpha value is -1.89. The van der Waals surface area contributed by atoms with Crippen LogP contribution in [0.1, 0.15) is 12.8 Å². The molecule has 2 amide bonds. The molecule has 1 aromatic rings. The van der Waals surface area contributed by atoms with E-state index in [0.29, 0.717) is 6.54 Å². The number of halogens is 1.